The summed E-state index contributed by atoms with van der Waals surface area (Å²) < 4.78 is 13.4. The molecule has 0 aromatic heterocycles. The van der Waals surface area contributed by atoms with Crippen molar-refractivity contribution in [1.29, 1.82) is 0 Å². The van der Waals surface area contributed by atoms with Gasteiger partial charge in [-0.15, -0.1) is 0 Å². The van der Waals surface area contributed by atoms with Crippen LogP contribution in [0.4, 0.5) is 15.8 Å². The van der Waals surface area contributed by atoms with Crippen LogP contribution in [0.2, 0.25) is 5.02 Å². The van der Waals surface area contributed by atoms with E-state index in [2.05, 4.69) is 24.0 Å². The molecule has 0 unspecified atom stereocenters. The quantitative estimate of drug-likeness (QED) is 0.847. The van der Waals surface area contributed by atoms with Crippen molar-refractivity contribution < 1.29 is 4.39 Å². The van der Waals surface area contributed by atoms with Gasteiger partial charge in [0, 0.05) is 19.2 Å². The molecular weight excluding hydrogens is 275 g/mol. The first-order chi connectivity index (χ1) is 9.52. The minimum absolute atomic E-state index is 0.0948. The van der Waals surface area contributed by atoms with Crippen molar-refractivity contribution in [2.24, 2.45) is 0 Å². The van der Waals surface area contributed by atoms with Crippen LogP contribution < -0.4 is 10.6 Å². The van der Waals surface area contributed by atoms with Crippen LogP contribution in [0.5, 0.6) is 0 Å². The fourth-order valence-electron chi connectivity index (χ4n) is 2.19. The fraction of sp³-hybridized carbons (Fsp3) is 0.250. The average molecular weight is 293 g/mol. The molecule has 0 saturated carbocycles. The SMILES string of the molecule is CCN(Cc1ccccc1C)c1cc(Cl)c(F)cc1N. The van der Waals surface area contributed by atoms with Crippen molar-refractivity contribution in [1.82, 2.24) is 0 Å². The van der Waals surface area contributed by atoms with Crippen LogP contribution in [0.15, 0.2) is 36.4 Å². The molecule has 0 radical (unpaired) electrons. The van der Waals surface area contributed by atoms with Gasteiger partial charge in [0.15, 0.2) is 0 Å². The van der Waals surface area contributed by atoms with Crippen LogP contribution in [-0.4, -0.2) is 6.54 Å². The number of nitrogens with two attached hydrogens (primary N) is 1. The van der Waals surface area contributed by atoms with Crippen molar-refractivity contribution in [3.05, 3.63) is 58.4 Å². The number of hydrogen-bond acceptors (Lipinski definition) is 2. The van der Waals surface area contributed by atoms with Gasteiger partial charge in [-0.25, -0.2) is 4.39 Å². The van der Waals surface area contributed by atoms with Crippen LogP contribution in [0.25, 0.3) is 0 Å². The summed E-state index contributed by atoms with van der Waals surface area (Å²) in [7, 11) is 0. The molecule has 2 nitrogen and oxygen atoms in total. The Kier molecular flexibility index (Phi) is 4.50. The first kappa shape index (κ1) is 14.7. The van der Waals surface area contributed by atoms with Crippen molar-refractivity contribution in [2.45, 2.75) is 20.4 Å². The van der Waals surface area contributed by atoms with E-state index >= 15 is 0 Å². The Morgan fingerprint density at radius 2 is 1.95 bits per heavy atom. The summed E-state index contributed by atoms with van der Waals surface area (Å²) in [6.07, 6.45) is 0. The number of anilines is 2. The molecular formula is C16H18ClFN2. The maximum absolute atomic E-state index is 13.4. The second-order valence-corrected chi connectivity index (χ2v) is 5.17. The molecule has 0 aliphatic heterocycles. The highest BCUT2D eigenvalue weighted by Crippen LogP contribution is 2.30. The van der Waals surface area contributed by atoms with Gasteiger partial charge in [-0.1, -0.05) is 35.9 Å². The van der Waals surface area contributed by atoms with Crippen LogP contribution >= 0.6 is 11.6 Å². The smallest absolute Gasteiger partial charge is 0.143 e. The Balaban J connectivity index is 2.34. The molecule has 0 fully saturated rings. The Bertz CT molecular complexity index is 613. The highest BCUT2D eigenvalue weighted by atomic mass is 35.5. The van der Waals surface area contributed by atoms with Gasteiger partial charge in [0.1, 0.15) is 5.82 Å². The Morgan fingerprint density at radius 3 is 2.60 bits per heavy atom. The first-order valence-corrected chi connectivity index (χ1v) is 6.94. The molecule has 2 aromatic rings. The second kappa shape index (κ2) is 6.14. The topological polar surface area (TPSA) is 29.3 Å². The molecule has 0 amide bonds. The Hall–Kier alpha value is -1.74. The van der Waals surface area contributed by atoms with Crippen molar-refractivity contribution >= 4 is 23.0 Å². The maximum Gasteiger partial charge on any atom is 0.143 e. The number of nitrogen functional groups attached to an aromatic ring is 1. The summed E-state index contributed by atoms with van der Waals surface area (Å²) in [5.74, 6) is -0.486. The molecule has 2 aromatic carbocycles. The predicted octanol–water partition coefficient (Wildman–Crippen LogP) is 4.40. The lowest BCUT2D eigenvalue weighted by Crippen LogP contribution is -2.23. The van der Waals surface area contributed by atoms with E-state index in [-0.39, 0.29) is 5.02 Å². The van der Waals surface area contributed by atoms with Gasteiger partial charge in [0.2, 0.25) is 0 Å². The Morgan fingerprint density at radius 1 is 1.25 bits per heavy atom. The summed E-state index contributed by atoms with van der Waals surface area (Å²) >= 11 is 5.86. The molecule has 20 heavy (non-hydrogen) atoms. The summed E-state index contributed by atoms with van der Waals surface area (Å²) in [5.41, 5.74) is 9.53. The van der Waals surface area contributed by atoms with Crippen LogP contribution in [-0.2, 0) is 6.54 Å². The van der Waals surface area contributed by atoms with Crippen LogP contribution in [0.3, 0.4) is 0 Å². The summed E-state index contributed by atoms with van der Waals surface area (Å²) in [4.78, 5) is 2.09. The van der Waals surface area contributed by atoms with Crippen LogP contribution in [0.1, 0.15) is 18.1 Å². The zero-order chi connectivity index (χ0) is 14.7. The number of benzene rings is 2. The van der Waals surface area contributed by atoms with E-state index in [1.165, 1.54) is 17.2 Å². The molecule has 2 N–H and O–H groups in total. The number of aryl methyl sites for hydroxylation is 1. The molecule has 0 bridgehead atoms. The minimum Gasteiger partial charge on any atom is -0.397 e. The van der Waals surface area contributed by atoms with Gasteiger partial charge in [-0.2, -0.15) is 0 Å². The average Bonchev–Trinajstić information content (AvgIpc) is 2.42. The summed E-state index contributed by atoms with van der Waals surface area (Å²) in [6.45, 7) is 5.59. The zero-order valence-corrected chi connectivity index (χ0v) is 12.4. The monoisotopic (exact) mass is 292 g/mol. The summed E-state index contributed by atoms with van der Waals surface area (Å²) in [6, 6.07) is 11.0. The largest absolute Gasteiger partial charge is 0.397 e. The van der Waals surface area contributed by atoms with E-state index < -0.39 is 5.82 Å². The van der Waals surface area contributed by atoms with Gasteiger partial charge in [0.05, 0.1) is 16.4 Å². The van der Waals surface area contributed by atoms with E-state index in [9.17, 15) is 4.39 Å². The maximum atomic E-state index is 13.4. The number of rotatable bonds is 4. The lowest BCUT2D eigenvalue weighted by Gasteiger charge is -2.25. The third-order valence-electron chi connectivity index (χ3n) is 3.41. The molecule has 0 spiro atoms. The second-order valence-electron chi connectivity index (χ2n) is 4.77. The lowest BCUT2D eigenvalue weighted by atomic mass is 10.1. The van der Waals surface area contributed by atoms with E-state index in [0.29, 0.717) is 5.69 Å². The molecule has 0 aliphatic rings. The molecule has 0 aliphatic carbocycles. The third-order valence-corrected chi connectivity index (χ3v) is 3.70. The minimum atomic E-state index is -0.486. The van der Waals surface area contributed by atoms with Crippen LogP contribution in [0, 0.1) is 12.7 Å². The fourth-order valence-corrected chi connectivity index (χ4v) is 2.34. The first-order valence-electron chi connectivity index (χ1n) is 6.57. The van der Waals surface area contributed by atoms with Gasteiger partial charge in [0.25, 0.3) is 0 Å². The molecule has 0 saturated heterocycles. The van der Waals surface area contributed by atoms with Crippen molar-refractivity contribution in [3.8, 4) is 0 Å². The normalized spacial score (nSPS) is 10.6. The van der Waals surface area contributed by atoms with Crippen molar-refractivity contribution in [2.75, 3.05) is 17.2 Å². The number of halogens is 2. The molecule has 0 atom stereocenters. The highest BCUT2D eigenvalue weighted by Gasteiger charge is 2.13. The zero-order valence-electron chi connectivity index (χ0n) is 11.7. The highest BCUT2D eigenvalue weighted by molar-refractivity contribution is 6.31. The molecule has 2 rings (SSSR count). The predicted molar refractivity (Wildman–Crippen MR) is 83.7 cm³/mol. The van der Waals surface area contributed by atoms with Crippen molar-refractivity contribution in [3.63, 3.8) is 0 Å². The van der Waals surface area contributed by atoms with E-state index in [1.807, 2.05) is 19.1 Å². The molecule has 4 heteroatoms. The third kappa shape index (κ3) is 3.05. The number of hydrogen-bond donors (Lipinski definition) is 1. The van der Waals surface area contributed by atoms with Gasteiger partial charge in [-0.05, 0) is 31.0 Å². The van der Waals surface area contributed by atoms with E-state index in [4.69, 9.17) is 17.3 Å². The van der Waals surface area contributed by atoms with Gasteiger partial charge >= 0.3 is 0 Å². The lowest BCUT2D eigenvalue weighted by molar-refractivity contribution is 0.628. The van der Waals surface area contributed by atoms with Gasteiger partial charge < -0.3 is 10.6 Å². The summed E-state index contributed by atoms with van der Waals surface area (Å²) in [5, 5.41) is 0.0948. The number of nitrogens with zero attached hydrogens (tertiary/aromatic N) is 1. The molecule has 106 valence electrons. The Labute approximate surface area is 124 Å². The van der Waals surface area contributed by atoms with Gasteiger partial charge in [-0.3, -0.25) is 0 Å². The molecule has 0 heterocycles. The van der Waals surface area contributed by atoms with E-state index in [0.717, 1.165) is 18.8 Å². The standard InChI is InChI=1S/C16H18ClFN2/c1-3-20(10-12-7-5-4-6-11(12)2)16-8-13(17)14(18)9-15(16)19/h4-9H,3,10,19H2,1-2H3. The van der Waals surface area contributed by atoms with E-state index in [1.54, 1.807) is 6.07 Å².